The van der Waals surface area contributed by atoms with Crippen LogP contribution in [0.15, 0.2) is 35.1 Å². The number of nitrogens with zero attached hydrogens (tertiary/aromatic N) is 4. The lowest BCUT2D eigenvalue weighted by Gasteiger charge is -2.24. The maximum Gasteiger partial charge on any atom is 0.329 e. The van der Waals surface area contributed by atoms with E-state index < -0.39 is 22.4 Å². The van der Waals surface area contributed by atoms with Crippen molar-refractivity contribution in [3.05, 3.63) is 67.6 Å². The van der Waals surface area contributed by atoms with E-state index in [0.29, 0.717) is 29.0 Å². The molecule has 2 N–H and O–H groups in total. The van der Waals surface area contributed by atoms with Gasteiger partial charge in [-0.15, -0.1) is 0 Å². The number of nitro benzene ring substituents is 1. The second kappa shape index (κ2) is 11.1. The normalized spacial score (nSPS) is 15.1. The van der Waals surface area contributed by atoms with E-state index in [0.717, 1.165) is 24.0 Å². The average Bonchev–Trinajstić information content (AvgIpc) is 3.46. The Hall–Kier alpha value is -4.19. The molecule has 0 bridgehead atoms. The Morgan fingerprint density at radius 3 is 2.45 bits per heavy atom. The van der Waals surface area contributed by atoms with E-state index in [1.807, 2.05) is 26.0 Å². The summed E-state index contributed by atoms with van der Waals surface area (Å²) in [6.07, 6.45) is 1.45. The molecule has 1 aliphatic heterocycles. The zero-order valence-electron chi connectivity index (χ0n) is 21.6. The summed E-state index contributed by atoms with van der Waals surface area (Å²) in [5.41, 5.74) is 8.22. The topological polar surface area (TPSA) is 152 Å². The minimum absolute atomic E-state index is 0.00913. The molecule has 0 saturated carbocycles. The summed E-state index contributed by atoms with van der Waals surface area (Å²) in [4.78, 5) is 51.0. The molecule has 1 aliphatic rings. The number of aromatic nitrogens is 2. The highest BCUT2D eigenvalue weighted by Crippen LogP contribution is 2.27. The van der Waals surface area contributed by atoms with Crippen molar-refractivity contribution in [1.82, 2.24) is 14.0 Å². The molecule has 1 aromatic heterocycles. The lowest BCUT2D eigenvalue weighted by atomic mass is 10.1. The smallest absolute Gasteiger partial charge is 0.329 e. The van der Waals surface area contributed by atoms with Crippen molar-refractivity contribution in [3.8, 4) is 5.75 Å². The number of methoxy groups -OCH3 is 1. The van der Waals surface area contributed by atoms with Crippen LogP contribution in [-0.2, 0) is 27.4 Å². The fourth-order valence-electron chi connectivity index (χ4n) is 4.76. The lowest BCUT2D eigenvalue weighted by molar-refractivity contribution is -0.384. The summed E-state index contributed by atoms with van der Waals surface area (Å²) in [6.45, 7) is 4.02. The van der Waals surface area contributed by atoms with E-state index in [-0.39, 0.29) is 38.0 Å². The SMILES string of the molecule is COc1ccc([N+](=O)[O-])cc1Cn1c(=O)n(CC(=O)N(CC(N)=O)CC2CCCO2)c2cc(C)c(C)cc21. The predicted molar refractivity (Wildman–Crippen MR) is 139 cm³/mol. The molecule has 1 unspecified atom stereocenters. The number of rotatable bonds is 10. The van der Waals surface area contributed by atoms with Crippen LogP contribution in [0.3, 0.4) is 0 Å². The molecule has 4 rings (SSSR count). The second-order valence-corrected chi connectivity index (χ2v) is 9.51. The Morgan fingerprint density at radius 2 is 1.87 bits per heavy atom. The molecule has 202 valence electrons. The predicted octanol–water partition coefficient (Wildman–Crippen LogP) is 1.88. The molecule has 12 heteroatoms. The number of non-ortho nitro benzene ring substituents is 1. The first-order chi connectivity index (χ1) is 18.1. The lowest BCUT2D eigenvalue weighted by Crippen LogP contribution is -2.45. The van der Waals surface area contributed by atoms with Crippen LogP contribution in [0, 0.1) is 24.0 Å². The molecule has 1 fully saturated rings. The molecular weight excluding hydrogens is 494 g/mol. The molecule has 0 aliphatic carbocycles. The van der Waals surface area contributed by atoms with Crippen molar-refractivity contribution in [1.29, 1.82) is 0 Å². The molecule has 0 radical (unpaired) electrons. The van der Waals surface area contributed by atoms with Gasteiger partial charge in [0.1, 0.15) is 12.3 Å². The second-order valence-electron chi connectivity index (χ2n) is 9.51. The maximum atomic E-state index is 13.7. The van der Waals surface area contributed by atoms with Crippen LogP contribution in [0.2, 0.25) is 0 Å². The van der Waals surface area contributed by atoms with E-state index >= 15 is 0 Å². The number of carbonyl (C=O) groups excluding carboxylic acids is 2. The highest BCUT2D eigenvalue weighted by atomic mass is 16.6. The number of imidazole rings is 1. The van der Waals surface area contributed by atoms with Crippen LogP contribution in [-0.4, -0.2) is 63.7 Å². The largest absolute Gasteiger partial charge is 0.496 e. The van der Waals surface area contributed by atoms with Gasteiger partial charge in [-0.25, -0.2) is 4.79 Å². The first kappa shape index (κ1) is 26.9. The van der Waals surface area contributed by atoms with Crippen molar-refractivity contribution in [2.75, 3.05) is 26.8 Å². The van der Waals surface area contributed by atoms with E-state index in [4.69, 9.17) is 15.2 Å². The van der Waals surface area contributed by atoms with E-state index in [1.54, 1.807) is 0 Å². The Bertz CT molecular complexity index is 1450. The minimum atomic E-state index is -0.657. The summed E-state index contributed by atoms with van der Waals surface area (Å²) < 4.78 is 13.8. The van der Waals surface area contributed by atoms with Gasteiger partial charge in [0.05, 0.1) is 42.3 Å². The van der Waals surface area contributed by atoms with Crippen molar-refractivity contribution in [3.63, 3.8) is 0 Å². The molecular formula is C26H31N5O7. The number of benzene rings is 2. The zero-order valence-corrected chi connectivity index (χ0v) is 21.6. The molecule has 38 heavy (non-hydrogen) atoms. The molecule has 3 aromatic rings. The molecule has 0 spiro atoms. The van der Waals surface area contributed by atoms with E-state index in [2.05, 4.69) is 0 Å². The number of fused-ring (bicyclic) bond motifs is 1. The number of primary amides is 1. The van der Waals surface area contributed by atoms with Gasteiger partial charge in [-0.3, -0.25) is 28.8 Å². The number of nitro groups is 1. The molecule has 1 saturated heterocycles. The fraction of sp³-hybridized carbons (Fsp3) is 0.423. The number of carbonyl (C=O) groups is 2. The first-order valence-electron chi connectivity index (χ1n) is 12.3. The molecule has 2 aromatic carbocycles. The monoisotopic (exact) mass is 525 g/mol. The van der Waals surface area contributed by atoms with Gasteiger partial charge in [-0.05, 0) is 56.0 Å². The molecule has 1 atom stereocenters. The van der Waals surface area contributed by atoms with E-state index in [1.165, 1.54) is 39.3 Å². The summed E-state index contributed by atoms with van der Waals surface area (Å²) >= 11 is 0. The number of ether oxygens (including phenoxy) is 2. The number of hydrogen-bond donors (Lipinski definition) is 1. The summed E-state index contributed by atoms with van der Waals surface area (Å²) in [6, 6.07) is 7.88. The Morgan fingerprint density at radius 1 is 1.18 bits per heavy atom. The quantitative estimate of drug-likeness (QED) is 0.313. The summed E-state index contributed by atoms with van der Waals surface area (Å²) in [7, 11) is 1.45. The van der Waals surface area contributed by atoms with Gasteiger partial charge in [-0.2, -0.15) is 0 Å². The maximum absolute atomic E-state index is 13.7. The van der Waals surface area contributed by atoms with Gasteiger partial charge in [0, 0.05) is 30.8 Å². The minimum Gasteiger partial charge on any atom is -0.496 e. The van der Waals surface area contributed by atoms with Crippen LogP contribution >= 0.6 is 0 Å². The van der Waals surface area contributed by atoms with Crippen molar-refractivity contribution in [2.24, 2.45) is 5.73 Å². The van der Waals surface area contributed by atoms with Gasteiger partial charge in [0.2, 0.25) is 11.8 Å². The van der Waals surface area contributed by atoms with Crippen LogP contribution in [0.25, 0.3) is 11.0 Å². The van der Waals surface area contributed by atoms with Crippen LogP contribution < -0.4 is 16.2 Å². The molecule has 2 amide bonds. The van der Waals surface area contributed by atoms with Crippen LogP contribution in [0.1, 0.15) is 29.5 Å². The van der Waals surface area contributed by atoms with Crippen molar-refractivity contribution >= 4 is 28.5 Å². The Balaban J connectivity index is 1.76. The number of nitrogens with two attached hydrogens (primary N) is 1. The standard InChI is InChI=1S/C26H31N5O7/c1-16-9-21-22(10-17(16)2)30(15-25(33)28(14-24(27)32)13-20-5-4-8-38-20)26(34)29(21)12-18-11-19(31(35)36)6-7-23(18)37-3/h6-7,9-11,20H,4-5,8,12-15H2,1-3H3,(H2,27,32). The first-order valence-corrected chi connectivity index (χ1v) is 12.3. The third kappa shape index (κ3) is 5.54. The third-order valence-corrected chi connectivity index (χ3v) is 6.88. The molecule has 12 nitrogen and oxygen atoms in total. The summed E-state index contributed by atoms with van der Waals surface area (Å²) in [5.74, 6) is -0.700. The number of aryl methyl sites for hydroxylation is 2. The van der Waals surface area contributed by atoms with Crippen molar-refractivity contribution in [2.45, 2.75) is 45.9 Å². The zero-order chi connectivity index (χ0) is 27.6. The van der Waals surface area contributed by atoms with Gasteiger partial charge in [-0.1, -0.05) is 0 Å². The van der Waals surface area contributed by atoms with Crippen LogP contribution in [0.5, 0.6) is 5.75 Å². The highest BCUT2D eigenvalue weighted by Gasteiger charge is 2.26. The highest BCUT2D eigenvalue weighted by molar-refractivity contribution is 5.85. The van der Waals surface area contributed by atoms with Gasteiger partial charge in [0.15, 0.2) is 0 Å². The van der Waals surface area contributed by atoms with Crippen molar-refractivity contribution < 1.29 is 24.0 Å². The Labute approximate surface area is 218 Å². The fourth-order valence-corrected chi connectivity index (χ4v) is 4.76. The average molecular weight is 526 g/mol. The number of amides is 2. The van der Waals surface area contributed by atoms with Gasteiger partial charge in [0.25, 0.3) is 5.69 Å². The van der Waals surface area contributed by atoms with Gasteiger partial charge >= 0.3 is 5.69 Å². The van der Waals surface area contributed by atoms with Gasteiger partial charge < -0.3 is 20.1 Å². The van der Waals surface area contributed by atoms with Crippen LogP contribution in [0.4, 0.5) is 5.69 Å². The molecule has 2 heterocycles. The third-order valence-electron chi connectivity index (χ3n) is 6.88. The Kier molecular flexibility index (Phi) is 7.81. The van der Waals surface area contributed by atoms with E-state index in [9.17, 15) is 24.5 Å². The summed E-state index contributed by atoms with van der Waals surface area (Å²) in [5, 5.41) is 11.4. The number of hydrogen-bond acceptors (Lipinski definition) is 7.